The average molecular weight is 318 g/mol. The van der Waals surface area contributed by atoms with Crippen molar-refractivity contribution in [2.75, 3.05) is 7.11 Å². The van der Waals surface area contributed by atoms with E-state index in [0.717, 1.165) is 29.8 Å². The zero-order valence-electron chi connectivity index (χ0n) is 12.2. The van der Waals surface area contributed by atoms with Crippen LogP contribution < -0.4 is 10.3 Å². The highest BCUT2D eigenvalue weighted by atomic mass is 35.5. The third-order valence-corrected chi connectivity index (χ3v) is 3.91. The van der Waals surface area contributed by atoms with Crippen LogP contribution in [-0.2, 0) is 6.54 Å². The van der Waals surface area contributed by atoms with Gasteiger partial charge in [0.2, 0.25) is 0 Å². The highest BCUT2D eigenvalue weighted by Gasteiger charge is 2.17. The molecule has 0 bridgehead atoms. The second-order valence-electron chi connectivity index (χ2n) is 5.15. The molecule has 0 amide bonds. The summed E-state index contributed by atoms with van der Waals surface area (Å²) in [5, 5.41) is 4.61. The number of ether oxygens (including phenoxy) is 1. The molecule has 114 valence electrons. The topological polar surface area (TPSA) is 56.5 Å². The minimum Gasteiger partial charge on any atom is -0.497 e. The molecule has 0 fully saturated rings. The maximum Gasteiger partial charge on any atom is 0.285 e. The Labute approximate surface area is 133 Å². The highest BCUT2D eigenvalue weighted by Crippen LogP contribution is 2.25. The summed E-state index contributed by atoms with van der Waals surface area (Å²) in [4.78, 5) is 16.5. The molecular formula is C16H16ClN3O2. The third-order valence-electron chi connectivity index (χ3n) is 3.64. The molecular weight excluding hydrogens is 302 g/mol. The minimum atomic E-state index is -0.289. The molecule has 0 saturated carbocycles. The Kier molecular flexibility index (Phi) is 4.24. The van der Waals surface area contributed by atoms with Gasteiger partial charge in [0.05, 0.1) is 25.4 Å². The molecule has 0 spiro atoms. The van der Waals surface area contributed by atoms with Crippen LogP contribution >= 0.6 is 11.6 Å². The van der Waals surface area contributed by atoms with E-state index in [1.807, 2.05) is 30.5 Å². The Morgan fingerprint density at radius 3 is 2.77 bits per heavy atom. The monoisotopic (exact) mass is 317 g/mol. The fourth-order valence-electron chi connectivity index (χ4n) is 2.44. The first-order valence-electron chi connectivity index (χ1n) is 7.09. The molecule has 6 heteroatoms. The minimum absolute atomic E-state index is 0.000201. The van der Waals surface area contributed by atoms with E-state index in [1.165, 1.54) is 4.68 Å². The lowest BCUT2D eigenvalue weighted by Crippen LogP contribution is -2.25. The van der Waals surface area contributed by atoms with E-state index in [9.17, 15) is 4.79 Å². The molecule has 0 N–H and O–H groups in total. The molecule has 22 heavy (non-hydrogen) atoms. The van der Waals surface area contributed by atoms with Crippen molar-refractivity contribution in [3.8, 4) is 5.75 Å². The van der Waals surface area contributed by atoms with Crippen LogP contribution in [-0.4, -0.2) is 23.1 Å². The zero-order valence-corrected chi connectivity index (χ0v) is 13.0. The molecule has 1 aromatic carbocycles. The summed E-state index contributed by atoms with van der Waals surface area (Å²) in [6.07, 6.45) is 3.73. The lowest BCUT2D eigenvalue weighted by atomic mass is 10.1. The van der Waals surface area contributed by atoms with Crippen LogP contribution in [0.1, 0.15) is 30.1 Å². The summed E-state index contributed by atoms with van der Waals surface area (Å²) < 4.78 is 6.52. The number of hydrogen-bond donors (Lipinski definition) is 0. The van der Waals surface area contributed by atoms with Crippen LogP contribution in [0.5, 0.6) is 5.75 Å². The lowest BCUT2D eigenvalue weighted by molar-refractivity contribution is 0.414. The Bertz CT molecular complexity index is 753. The largest absolute Gasteiger partial charge is 0.497 e. The molecule has 5 nitrogen and oxygen atoms in total. The van der Waals surface area contributed by atoms with Crippen molar-refractivity contribution in [2.45, 2.75) is 25.4 Å². The van der Waals surface area contributed by atoms with Crippen molar-refractivity contribution in [2.24, 2.45) is 4.99 Å². The van der Waals surface area contributed by atoms with Crippen LogP contribution in [0.15, 0.2) is 40.1 Å². The maximum absolute atomic E-state index is 12.2. The molecule has 0 aliphatic carbocycles. The van der Waals surface area contributed by atoms with Crippen LogP contribution in [0, 0.1) is 0 Å². The summed E-state index contributed by atoms with van der Waals surface area (Å²) in [6.45, 7) is 0.368. The van der Waals surface area contributed by atoms with Gasteiger partial charge in [-0.15, -0.1) is 0 Å². The normalized spacial score (nSPS) is 16.9. The molecule has 1 unspecified atom stereocenters. The first kappa shape index (κ1) is 14.8. The lowest BCUT2D eigenvalue weighted by Gasteiger charge is -2.11. The summed E-state index contributed by atoms with van der Waals surface area (Å²) in [7, 11) is 1.62. The number of aliphatic imine (C=N–C) groups is 1. The fraction of sp³-hybridized carbons (Fsp3) is 0.312. The van der Waals surface area contributed by atoms with E-state index >= 15 is 0 Å². The van der Waals surface area contributed by atoms with E-state index in [4.69, 9.17) is 16.3 Å². The Balaban J connectivity index is 1.91. The smallest absolute Gasteiger partial charge is 0.285 e. The van der Waals surface area contributed by atoms with Crippen molar-refractivity contribution in [3.63, 3.8) is 0 Å². The van der Waals surface area contributed by atoms with Gasteiger partial charge >= 0.3 is 0 Å². The second-order valence-corrected chi connectivity index (χ2v) is 5.56. The number of hydrogen-bond acceptors (Lipinski definition) is 4. The van der Waals surface area contributed by atoms with E-state index < -0.39 is 0 Å². The molecule has 3 rings (SSSR count). The van der Waals surface area contributed by atoms with Crippen molar-refractivity contribution in [1.29, 1.82) is 0 Å². The first-order chi connectivity index (χ1) is 10.7. The standard InChI is InChI=1S/C16H16ClN3O2/c1-22-12-6-4-11(5-7-12)10-20-16(21)13(17)9-15(19-20)14-3-2-8-18-14/h4-9,14H,2-3,10H2,1H3. The van der Waals surface area contributed by atoms with Crippen LogP contribution in [0.2, 0.25) is 5.02 Å². The predicted molar refractivity (Wildman–Crippen MR) is 86.1 cm³/mol. The summed E-state index contributed by atoms with van der Waals surface area (Å²) in [5.74, 6) is 0.774. The number of nitrogens with zero attached hydrogens (tertiary/aromatic N) is 3. The van der Waals surface area contributed by atoms with Gasteiger partial charge in [0.1, 0.15) is 10.8 Å². The summed E-state index contributed by atoms with van der Waals surface area (Å²) in [5.41, 5.74) is 1.41. The van der Waals surface area contributed by atoms with Gasteiger partial charge in [-0.05, 0) is 42.8 Å². The zero-order chi connectivity index (χ0) is 15.5. The van der Waals surface area contributed by atoms with Crippen molar-refractivity contribution >= 4 is 17.8 Å². The van der Waals surface area contributed by atoms with E-state index in [2.05, 4.69) is 10.1 Å². The van der Waals surface area contributed by atoms with Gasteiger partial charge in [-0.1, -0.05) is 23.7 Å². The van der Waals surface area contributed by atoms with Crippen molar-refractivity contribution in [3.05, 3.63) is 57.0 Å². The average Bonchev–Trinajstić information content (AvgIpc) is 3.07. The fourth-order valence-corrected chi connectivity index (χ4v) is 2.64. The Hall–Kier alpha value is -2.14. The molecule has 2 aromatic rings. The molecule has 1 aliphatic heterocycles. The van der Waals surface area contributed by atoms with Crippen LogP contribution in [0.3, 0.4) is 0 Å². The third kappa shape index (κ3) is 3.04. The molecule has 1 aliphatic rings. The quantitative estimate of drug-likeness (QED) is 0.871. The predicted octanol–water partition coefficient (Wildman–Crippen LogP) is 2.86. The second kappa shape index (κ2) is 6.32. The molecule has 0 saturated heterocycles. The number of benzene rings is 1. The van der Waals surface area contributed by atoms with E-state index in [1.54, 1.807) is 13.2 Å². The number of aromatic nitrogens is 2. The Morgan fingerprint density at radius 1 is 1.36 bits per heavy atom. The highest BCUT2D eigenvalue weighted by molar-refractivity contribution is 6.30. The van der Waals surface area contributed by atoms with Crippen LogP contribution in [0.25, 0.3) is 0 Å². The first-order valence-corrected chi connectivity index (χ1v) is 7.47. The van der Waals surface area contributed by atoms with Gasteiger partial charge in [0, 0.05) is 0 Å². The van der Waals surface area contributed by atoms with Gasteiger partial charge in [0.15, 0.2) is 0 Å². The SMILES string of the molecule is COc1ccc(Cn2nc(C3CCC=N3)cc(Cl)c2=O)cc1. The maximum atomic E-state index is 12.2. The summed E-state index contributed by atoms with van der Waals surface area (Å²) >= 11 is 6.07. The number of rotatable bonds is 4. The number of halogens is 1. The molecule has 1 aromatic heterocycles. The van der Waals surface area contributed by atoms with Gasteiger partial charge in [-0.2, -0.15) is 5.10 Å². The molecule has 1 atom stereocenters. The van der Waals surface area contributed by atoms with Gasteiger partial charge in [0.25, 0.3) is 5.56 Å². The molecule has 2 heterocycles. The van der Waals surface area contributed by atoms with Crippen molar-refractivity contribution in [1.82, 2.24) is 9.78 Å². The van der Waals surface area contributed by atoms with Crippen LogP contribution in [0.4, 0.5) is 0 Å². The van der Waals surface area contributed by atoms with Gasteiger partial charge in [-0.3, -0.25) is 9.79 Å². The Morgan fingerprint density at radius 2 is 2.14 bits per heavy atom. The van der Waals surface area contributed by atoms with E-state index in [0.29, 0.717) is 6.54 Å². The number of methoxy groups -OCH3 is 1. The van der Waals surface area contributed by atoms with Crippen molar-refractivity contribution < 1.29 is 4.74 Å². The van der Waals surface area contributed by atoms with Gasteiger partial charge < -0.3 is 4.74 Å². The van der Waals surface area contributed by atoms with E-state index in [-0.39, 0.29) is 16.6 Å². The molecule has 0 radical (unpaired) electrons. The van der Waals surface area contributed by atoms with Gasteiger partial charge in [-0.25, -0.2) is 4.68 Å². The summed E-state index contributed by atoms with van der Waals surface area (Å²) in [6, 6.07) is 9.14.